The minimum atomic E-state index is -0.188. The van der Waals surface area contributed by atoms with E-state index in [1.54, 1.807) is 10.9 Å². The van der Waals surface area contributed by atoms with E-state index in [0.717, 1.165) is 11.1 Å². The summed E-state index contributed by atoms with van der Waals surface area (Å²) in [7, 11) is 1.85. The lowest BCUT2D eigenvalue weighted by Crippen LogP contribution is -2.34. The van der Waals surface area contributed by atoms with Crippen molar-refractivity contribution in [1.29, 1.82) is 0 Å². The summed E-state index contributed by atoms with van der Waals surface area (Å²) in [4.78, 5) is 11.6. The second-order valence-corrected chi connectivity index (χ2v) is 4.40. The second-order valence-electron chi connectivity index (χ2n) is 4.40. The van der Waals surface area contributed by atoms with Crippen molar-refractivity contribution in [2.75, 3.05) is 6.54 Å². The summed E-state index contributed by atoms with van der Waals surface area (Å²) in [5, 5.41) is 9.58. The number of nitrogens with zero attached hydrogens (tertiary/aromatic N) is 2. The third-order valence-corrected chi connectivity index (χ3v) is 2.70. The van der Waals surface area contributed by atoms with Crippen molar-refractivity contribution in [3.8, 4) is 0 Å². The highest BCUT2D eigenvalue weighted by Crippen LogP contribution is 2.00. The number of benzene rings is 1. The first-order valence-corrected chi connectivity index (χ1v) is 6.45. The lowest BCUT2D eigenvalue weighted by Gasteiger charge is -2.04. The fourth-order valence-electron chi connectivity index (χ4n) is 1.72. The van der Waals surface area contributed by atoms with E-state index in [0.29, 0.717) is 13.1 Å². The van der Waals surface area contributed by atoms with Crippen LogP contribution in [0.5, 0.6) is 0 Å². The van der Waals surface area contributed by atoms with Gasteiger partial charge in [0.2, 0.25) is 0 Å². The molecule has 5 nitrogen and oxygen atoms in total. The molecule has 0 aliphatic heterocycles. The molecule has 20 heavy (non-hydrogen) atoms. The number of aromatic nitrogens is 2. The van der Waals surface area contributed by atoms with Gasteiger partial charge < -0.3 is 10.6 Å². The molecule has 0 spiro atoms. The van der Waals surface area contributed by atoms with Crippen LogP contribution in [0.25, 0.3) is 6.08 Å². The fourth-order valence-corrected chi connectivity index (χ4v) is 1.72. The van der Waals surface area contributed by atoms with Crippen molar-refractivity contribution in [2.45, 2.75) is 6.54 Å². The van der Waals surface area contributed by atoms with Crippen molar-refractivity contribution in [3.05, 3.63) is 59.9 Å². The molecule has 2 amide bonds. The summed E-state index contributed by atoms with van der Waals surface area (Å²) in [6.45, 7) is 0.968. The van der Waals surface area contributed by atoms with Gasteiger partial charge in [-0.3, -0.25) is 4.68 Å². The van der Waals surface area contributed by atoms with Crippen LogP contribution in [0.1, 0.15) is 11.1 Å². The molecule has 0 fully saturated rings. The Balaban J connectivity index is 1.66. The predicted octanol–water partition coefficient (Wildman–Crippen LogP) is 1.93. The molecule has 104 valence electrons. The Kier molecular flexibility index (Phi) is 4.94. The zero-order valence-electron chi connectivity index (χ0n) is 11.4. The maximum Gasteiger partial charge on any atom is 0.315 e. The van der Waals surface area contributed by atoms with Crippen LogP contribution in [0.2, 0.25) is 0 Å². The third kappa shape index (κ3) is 4.61. The van der Waals surface area contributed by atoms with E-state index in [4.69, 9.17) is 0 Å². The van der Waals surface area contributed by atoms with Crippen LogP contribution in [0, 0.1) is 0 Å². The minimum absolute atomic E-state index is 0.188. The molecule has 2 rings (SSSR count). The molecular weight excluding hydrogens is 252 g/mol. The number of rotatable bonds is 5. The van der Waals surface area contributed by atoms with Crippen molar-refractivity contribution >= 4 is 12.1 Å². The molecule has 5 heteroatoms. The number of amides is 2. The highest BCUT2D eigenvalue weighted by Gasteiger charge is 1.99. The maximum absolute atomic E-state index is 11.6. The smallest absolute Gasteiger partial charge is 0.315 e. The number of carbonyl (C=O) groups excluding carboxylic acids is 1. The molecule has 0 saturated heterocycles. The van der Waals surface area contributed by atoms with Crippen LogP contribution in [0.3, 0.4) is 0 Å². The molecule has 0 unspecified atom stereocenters. The Morgan fingerprint density at radius 1 is 1.30 bits per heavy atom. The highest BCUT2D eigenvalue weighted by molar-refractivity contribution is 5.74. The van der Waals surface area contributed by atoms with Crippen molar-refractivity contribution in [1.82, 2.24) is 20.4 Å². The Bertz CT molecular complexity index is 575. The lowest BCUT2D eigenvalue weighted by molar-refractivity contribution is 0.241. The van der Waals surface area contributed by atoms with E-state index in [9.17, 15) is 4.79 Å². The normalized spacial score (nSPS) is 10.7. The molecule has 1 aromatic heterocycles. The zero-order chi connectivity index (χ0) is 14.2. The van der Waals surface area contributed by atoms with Gasteiger partial charge in [-0.25, -0.2) is 4.79 Å². The topological polar surface area (TPSA) is 59.0 Å². The molecule has 1 heterocycles. The van der Waals surface area contributed by atoms with E-state index in [2.05, 4.69) is 15.7 Å². The first-order valence-electron chi connectivity index (χ1n) is 6.45. The van der Waals surface area contributed by atoms with Gasteiger partial charge in [-0.05, 0) is 5.56 Å². The van der Waals surface area contributed by atoms with Crippen LogP contribution < -0.4 is 10.6 Å². The Morgan fingerprint density at radius 2 is 2.10 bits per heavy atom. The molecule has 0 saturated carbocycles. The highest BCUT2D eigenvalue weighted by atomic mass is 16.2. The predicted molar refractivity (Wildman–Crippen MR) is 78.9 cm³/mol. The SMILES string of the molecule is Cn1cc(CNC(=O)NC/C=C\c2ccccc2)cn1. The van der Waals surface area contributed by atoms with Gasteiger partial charge in [0.1, 0.15) is 0 Å². The average molecular weight is 270 g/mol. The quantitative estimate of drug-likeness (QED) is 0.872. The second kappa shape index (κ2) is 7.13. The van der Waals surface area contributed by atoms with Gasteiger partial charge in [0.15, 0.2) is 0 Å². The van der Waals surface area contributed by atoms with Crippen LogP contribution >= 0.6 is 0 Å². The van der Waals surface area contributed by atoms with Gasteiger partial charge >= 0.3 is 6.03 Å². The van der Waals surface area contributed by atoms with Gasteiger partial charge in [-0.2, -0.15) is 5.10 Å². The Hall–Kier alpha value is -2.56. The molecular formula is C15H18N4O. The summed E-state index contributed by atoms with van der Waals surface area (Å²) in [5.41, 5.74) is 2.09. The van der Waals surface area contributed by atoms with E-state index in [-0.39, 0.29) is 6.03 Å². The number of urea groups is 1. The Morgan fingerprint density at radius 3 is 2.80 bits per heavy atom. The summed E-state index contributed by atoms with van der Waals surface area (Å²) < 4.78 is 1.71. The summed E-state index contributed by atoms with van der Waals surface area (Å²) in [6.07, 6.45) is 7.49. The molecule has 0 bridgehead atoms. The Labute approximate surface area is 118 Å². The van der Waals surface area contributed by atoms with E-state index < -0.39 is 0 Å². The van der Waals surface area contributed by atoms with Crippen molar-refractivity contribution in [3.63, 3.8) is 0 Å². The fraction of sp³-hybridized carbons (Fsp3) is 0.200. The third-order valence-electron chi connectivity index (χ3n) is 2.70. The molecule has 2 aromatic rings. The number of hydrogen-bond acceptors (Lipinski definition) is 2. The van der Waals surface area contributed by atoms with Gasteiger partial charge in [-0.1, -0.05) is 42.5 Å². The maximum atomic E-state index is 11.6. The van der Waals surface area contributed by atoms with Crippen LogP contribution in [-0.4, -0.2) is 22.4 Å². The molecule has 0 aliphatic rings. The summed E-state index contributed by atoms with van der Waals surface area (Å²) in [6, 6.07) is 9.77. The monoisotopic (exact) mass is 270 g/mol. The van der Waals surface area contributed by atoms with E-state index >= 15 is 0 Å². The molecule has 1 aromatic carbocycles. The van der Waals surface area contributed by atoms with Gasteiger partial charge in [-0.15, -0.1) is 0 Å². The van der Waals surface area contributed by atoms with E-state index in [1.165, 1.54) is 0 Å². The molecule has 2 N–H and O–H groups in total. The van der Waals surface area contributed by atoms with Gasteiger partial charge in [0, 0.05) is 31.9 Å². The first-order chi connectivity index (χ1) is 9.74. The first kappa shape index (κ1) is 13.9. The van der Waals surface area contributed by atoms with Gasteiger partial charge in [0.05, 0.1) is 6.20 Å². The number of aryl methyl sites for hydroxylation is 1. The molecule has 0 aliphatic carbocycles. The number of carbonyl (C=O) groups is 1. The van der Waals surface area contributed by atoms with Gasteiger partial charge in [0.25, 0.3) is 0 Å². The average Bonchev–Trinajstić information content (AvgIpc) is 2.88. The van der Waals surface area contributed by atoms with E-state index in [1.807, 2.05) is 55.7 Å². The van der Waals surface area contributed by atoms with Crippen molar-refractivity contribution in [2.24, 2.45) is 7.05 Å². The standard InChI is InChI=1S/C15H18N4O/c1-19-12-14(11-18-19)10-17-15(20)16-9-5-8-13-6-3-2-4-7-13/h2-8,11-12H,9-10H2,1H3,(H2,16,17,20)/b8-5-. The number of hydrogen-bond donors (Lipinski definition) is 2. The van der Waals surface area contributed by atoms with Crippen LogP contribution in [-0.2, 0) is 13.6 Å². The minimum Gasteiger partial charge on any atom is -0.335 e. The molecule has 0 atom stereocenters. The van der Waals surface area contributed by atoms with Crippen LogP contribution in [0.4, 0.5) is 4.79 Å². The molecule has 0 radical (unpaired) electrons. The number of nitrogens with one attached hydrogen (secondary N) is 2. The largest absolute Gasteiger partial charge is 0.335 e. The van der Waals surface area contributed by atoms with Crippen molar-refractivity contribution < 1.29 is 4.79 Å². The summed E-state index contributed by atoms with van der Waals surface area (Å²) in [5.74, 6) is 0. The summed E-state index contributed by atoms with van der Waals surface area (Å²) >= 11 is 0. The van der Waals surface area contributed by atoms with Crippen LogP contribution in [0.15, 0.2) is 48.8 Å². The zero-order valence-corrected chi connectivity index (χ0v) is 11.4. The lowest BCUT2D eigenvalue weighted by atomic mass is 10.2.